The average Bonchev–Trinajstić information content (AvgIpc) is 3.05. The van der Waals surface area contributed by atoms with Crippen LogP contribution in [0.3, 0.4) is 0 Å². The van der Waals surface area contributed by atoms with E-state index in [1.54, 1.807) is 49.7 Å². The summed E-state index contributed by atoms with van der Waals surface area (Å²) in [4.78, 5) is 16.8. The summed E-state index contributed by atoms with van der Waals surface area (Å²) >= 11 is 12.7. The third-order valence-electron chi connectivity index (χ3n) is 3.88. The van der Waals surface area contributed by atoms with Crippen molar-refractivity contribution in [2.45, 2.75) is 0 Å². The average molecular weight is 360 g/mol. The molecule has 2 aromatic heterocycles. The molecule has 4 rings (SSSR count). The van der Waals surface area contributed by atoms with Crippen molar-refractivity contribution >= 4 is 50.9 Å². The highest BCUT2D eigenvalue weighted by Crippen LogP contribution is 2.36. The topological polar surface area (TPSA) is 60.1 Å². The van der Waals surface area contributed by atoms with Crippen LogP contribution < -0.4 is 11.0 Å². The zero-order valence-electron chi connectivity index (χ0n) is 12.5. The fourth-order valence-corrected chi connectivity index (χ4v) is 3.31. The fourth-order valence-electron chi connectivity index (χ4n) is 2.83. The molecule has 7 heteroatoms. The van der Waals surface area contributed by atoms with Gasteiger partial charge in [-0.25, -0.2) is 4.79 Å². The first kappa shape index (κ1) is 15.1. The third kappa shape index (κ3) is 2.09. The molecular formula is C17H11Cl2N3O2. The van der Waals surface area contributed by atoms with Crippen LogP contribution in [0.2, 0.25) is 10.0 Å². The molecule has 120 valence electrons. The van der Waals surface area contributed by atoms with E-state index in [-0.39, 0.29) is 0 Å². The lowest BCUT2D eigenvalue weighted by molar-refractivity contribution is 0.619. The number of hydrogen-bond donors (Lipinski definition) is 1. The van der Waals surface area contributed by atoms with Gasteiger partial charge in [0.2, 0.25) is 0 Å². The molecule has 0 fully saturated rings. The molecule has 0 unspecified atom stereocenters. The molecule has 2 aromatic carbocycles. The Labute approximate surface area is 146 Å². The summed E-state index contributed by atoms with van der Waals surface area (Å²) < 4.78 is 7.04. The Morgan fingerprint density at radius 1 is 1.17 bits per heavy atom. The number of para-hydroxylation sites is 1. The summed E-state index contributed by atoms with van der Waals surface area (Å²) in [5.74, 6) is 0.426. The number of anilines is 1. The van der Waals surface area contributed by atoms with Gasteiger partial charge in [0.15, 0.2) is 0 Å². The monoisotopic (exact) mass is 359 g/mol. The highest BCUT2D eigenvalue weighted by atomic mass is 35.5. The summed E-state index contributed by atoms with van der Waals surface area (Å²) in [6.45, 7) is 0. The van der Waals surface area contributed by atoms with Crippen molar-refractivity contribution < 1.29 is 4.42 Å². The highest BCUT2D eigenvalue weighted by Gasteiger charge is 2.19. The molecule has 0 aliphatic rings. The van der Waals surface area contributed by atoms with Crippen LogP contribution >= 0.6 is 23.2 Å². The minimum absolute atomic E-state index is 0.426. The number of halogens is 2. The second-order valence-electron chi connectivity index (χ2n) is 5.20. The van der Waals surface area contributed by atoms with Crippen molar-refractivity contribution in [3.8, 4) is 5.69 Å². The van der Waals surface area contributed by atoms with Gasteiger partial charge < -0.3 is 9.73 Å². The molecule has 0 amide bonds. The van der Waals surface area contributed by atoms with Gasteiger partial charge in [-0.2, -0.15) is 4.98 Å². The van der Waals surface area contributed by atoms with Crippen LogP contribution in [-0.4, -0.2) is 16.6 Å². The number of furan rings is 1. The predicted octanol–water partition coefficient (Wildman–Crippen LogP) is 4.48. The maximum atomic E-state index is 12.6. The number of hydrogen-bond acceptors (Lipinski definition) is 4. The molecule has 1 N–H and O–H groups in total. The molecule has 0 saturated carbocycles. The third-order valence-corrected chi connectivity index (χ3v) is 4.51. The van der Waals surface area contributed by atoms with Crippen LogP contribution in [0, 0.1) is 0 Å². The van der Waals surface area contributed by atoms with Gasteiger partial charge in [-0.15, -0.1) is 0 Å². The molecule has 0 spiro atoms. The van der Waals surface area contributed by atoms with Gasteiger partial charge >= 0.3 is 5.69 Å². The van der Waals surface area contributed by atoms with E-state index < -0.39 is 5.69 Å². The molecule has 0 saturated heterocycles. The Hall–Kier alpha value is -2.50. The van der Waals surface area contributed by atoms with Crippen molar-refractivity contribution in [3.63, 3.8) is 0 Å². The molecule has 4 aromatic rings. The summed E-state index contributed by atoms with van der Waals surface area (Å²) in [5.41, 5.74) is 1.21. The SMILES string of the molecule is CNc1nc(=O)n(-c2ccccc2Cl)c2cc(Cl)c3ccoc3c12. The van der Waals surface area contributed by atoms with E-state index in [9.17, 15) is 4.79 Å². The molecule has 5 nitrogen and oxygen atoms in total. The van der Waals surface area contributed by atoms with Gasteiger partial charge in [-0.05, 0) is 24.3 Å². The second-order valence-corrected chi connectivity index (χ2v) is 6.01. The van der Waals surface area contributed by atoms with Crippen LogP contribution in [0.15, 0.2) is 51.9 Å². The zero-order valence-corrected chi connectivity index (χ0v) is 14.0. The molecule has 0 bridgehead atoms. The second kappa shape index (κ2) is 5.54. The maximum absolute atomic E-state index is 12.6. The molecule has 0 atom stereocenters. The van der Waals surface area contributed by atoms with Crippen molar-refractivity contribution in [3.05, 3.63) is 63.2 Å². The molecule has 24 heavy (non-hydrogen) atoms. The smallest absolute Gasteiger partial charge is 0.354 e. The van der Waals surface area contributed by atoms with Crippen LogP contribution in [0.4, 0.5) is 5.82 Å². The molecule has 2 heterocycles. The normalized spacial score (nSPS) is 11.3. The van der Waals surface area contributed by atoms with E-state index in [0.717, 1.165) is 5.39 Å². The van der Waals surface area contributed by atoms with Crippen molar-refractivity contribution in [2.24, 2.45) is 0 Å². The standard InChI is InChI=1S/C17H11Cl2N3O2/c1-20-16-14-13(8-11(19)9-6-7-24-15(9)14)22(17(23)21-16)12-5-3-2-4-10(12)18/h2-8H,1H3,(H,20,21,23). The zero-order chi connectivity index (χ0) is 16.8. The Balaban J connectivity index is 2.27. The summed E-state index contributed by atoms with van der Waals surface area (Å²) in [7, 11) is 1.70. The van der Waals surface area contributed by atoms with Gasteiger partial charge in [-0.1, -0.05) is 35.3 Å². The van der Waals surface area contributed by atoms with Gasteiger partial charge in [0.1, 0.15) is 11.4 Å². The molecule has 0 aliphatic carbocycles. The number of fused-ring (bicyclic) bond motifs is 3. The van der Waals surface area contributed by atoms with E-state index in [1.165, 1.54) is 4.57 Å². The van der Waals surface area contributed by atoms with E-state index in [0.29, 0.717) is 38.0 Å². The Morgan fingerprint density at radius 3 is 2.71 bits per heavy atom. The highest BCUT2D eigenvalue weighted by molar-refractivity contribution is 6.37. The summed E-state index contributed by atoms with van der Waals surface area (Å²) in [6.07, 6.45) is 1.56. The van der Waals surface area contributed by atoms with Gasteiger partial charge in [0.25, 0.3) is 0 Å². The fraction of sp³-hybridized carbons (Fsp3) is 0.0588. The predicted molar refractivity (Wildman–Crippen MR) is 96.7 cm³/mol. The van der Waals surface area contributed by atoms with Gasteiger partial charge in [-0.3, -0.25) is 4.57 Å². The Bertz CT molecular complexity index is 1150. The number of nitrogens with zero attached hydrogens (tertiary/aromatic N) is 2. The minimum atomic E-state index is -0.457. The number of nitrogens with one attached hydrogen (secondary N) is 1. The largest absolute Gasteiger partial charge is 0.463 e. The first-order chi connectivity index (χ1) is 11.6. The van der Waals surface area contributed by atoms with Gasteiger partial charge in [0.05, 0.1) is 32.9 Å². The first-order valence-electron chi connectivity index (χ1n) is 7.17. The van der Waals surface area contributed by atoms with E-state index in [1.807, 2.05) is 0 Å². The van der Waals surface area contributed by atoms with Crippen molar-refractivity contribution in [1.29, 1.82) is 0 Å². The van der Waals surface area contributed by atoms with Gasteiger partial charge in [0, 0.05) is 12.4 Å². The first-order valence-corrected chi connectivity index (χ1v) is 7.92. The van der Waals surface area contributed by atoms with E-state index in [4.69, 9.17) is 27.6 Å². The van der Waals surface area contributed by atoms with Crippen LogP contribution in [-0.2, 0) is 0 Å². The van der Waals surface area contributed by atoms with Crippen molar-refractivity contribution in [1.82, 2.24) is 9.55 Å². The molecular weight excluding hydrogens is 349 g/mol. The summed E-state index contributed by atoms with van der Waals surface area (Å²) in [6, 6.07) is 10.6. The van der Waals surface area contributed by atoms with E-state index in [2.05, 4.69) is 10.3 Å². The lowest BCUT2D eigenvalue weighted by Crippen LogP contribution is -2.23. The maximum Gasteiger partial charge on any atom is 0.354 e. The number of benzene rings is 2. The van der Waals surface area contributed by atoms with Crippen molar-refractivity contribution in [2.75, 3.05) is 12.4 Å². The van der Waals surface area contributed by atoms with Crippen LogP contribution in [0.25, 0.3) is 27.6 Å². The Morgan fingerprint density at radius 2 is 1.96 bits per heavy atom. The molecule has 0 radical (unpaired) electrons. The molecule has 0 aliphatic heterocycles. The Kier molecular flexibility index (Phi) is 3.48. The minimum Gasteiger partial charge on any atom is -0.463 e. The lowest BCUT2D eigenvalue weighted by Gasteiger charge is -2.14. The summed E-state index contributed by atoms with van der Waals surface area (Å²) in [5, 5.41) is 5.30. The lowest BCUT2D eigenvalue weighted by atomic mass is 10.1. The van der Waals surface area contributed by atoms with Crippen LogP contribution in [0.5, 0.6) is 0 Å². The quantitative estimate of drug-likeness (QED) is 0.573. The number of aromatic nitrogens is 2. The van der Waals surface area contributed by atoms with Crippen LogP contribution in [0.1, 0.15) is 0 Å². The number of rotatable bonds is 2. The van der Waals surface area contributed by atoms with E-state index >= 15 is 0 Å².